The monoisotopic (exact) mass is 406 g/mol. The molecule has 0 bridgehead atoms. The summed E-state index contributed by atoms with van der Waals surface area (Å²) in [4.78, 5) is 56.7. The van der Waals surface area contributed by atoms with E-state index in [-0.39, 0.29) is 19.8 Å². The van der Waals surface area contributed by atoms with Crippen molar-refractivity contribution in [2.45, 2.75) is 38.9 Å². The SMILES string of the molecule is COCC(COC(=O)CC(=O)OC(COC(C)=O)COC(=O)CC(C)=O)OC. The molecule has 0 spiro atoms. The number of rotatable bonds is 14. The van der Waals surface area contributed by atoms with Gasteiger partial charge >= 0.3 is 23.9 Å². The summed E-state index contributed by atoms with van der Waals surface area (Å²) in [6, 6.07) is 0. The number of ketones is 1. The normalized spacial score (nSPS) is 12.4. The second-order valence-electron chi connectivity index (χ2n) is 5.65. The highest BCUT2D eigenvalue weighted by atomic mass is 16.6. The first-order chi connectivity index (χ1) is 13.2. The Morgan fingerprint density at radius 1 is 0.679 bits per heavy atom. The first-order valence-electron chi connectivity index (χ1n) is 8.33. The van der Waals surface area contributed by atoms with E-state index in [1.807, 2.05) is 0 Å². The number of ether oxygens (including phenoxy) is 6. The maximum absolute atomic E-state index is 11.9. The van der Waals surface area contributed by atoms with E-state index in [9.17, 15) is 24.0 Å². The first kappa shape index (κ1) is 25.5. The van der Waals surface area contributed by atoms with Gasteiger partial charge in [0.05, 0.1) is 6.61 Å². The standard InChI is InChI=1S/C17H26O11/c1-11(18)5-15(20)27-10-14(9-25-12(2)19)28-17(22)6-16(21)26-8-13(24-4)7-23-3/h13-14H,5-10H2,1-4H3. The third-order valence-electron chi connectivity index (χ3n) is 3.00. The summed E-state index contributed by atoms with van der Waals surface area (Å²) < 4.78 is 29.3. The van der Waals surface area contributed by atoms with Crippen LogP contribution in [0.2, 0.25) is 0 Å². The average Bonchev–Trinajstić information content (AvgIpc) is 2.60. The van der Waals surface area contributed by atoms with Crippen LogP contribution in [-0.4, -0.2) is 82.5 Å². The fraction of sp³-hybridized carbons (Fsp3) is 0.706. The average molecular weight is 406 g/mol. The van der Waals surface area contributed by atoms with Gasteiger partial charge in [-0.05, 0) is 6.92 Å². The quantitative estimate of drug-likeness (QED) is 0.211. The second-order valence-corrected chi connectivity index (χ2v) is 5.65. The van der Waals surface area contributed by atoms with Gasteiger partial charge in [0.2, 0.25) is 0 Å². The van der Waals surface area contributed by atoms with Crippen LogP contribution in [0.3, 0.4) is 0 Å². The Labute approximate surface area is 162 Å². The topological polar surface area (TPSA) is 141 Å². The Morgan fingerprint density at radius 3 is 1.71 bits per heavy atom. The molecule has 0 aromatic carbocycles. The minimum atomic E-state index is -1.14. The predicted octanol–water partition coefficient (Wildman–Crippen LogP) is -0.422. The van der Waals surface area contributed by atoms with Crippen LogP contribution in [-0.2, 0) is 52.4 Å². The number of Topliss-reactive ketones (excluding diaryl/α,β-unsaturated/α-hetero) is 1. The molecule has 0 fully saturated rings. The minimum absolute atomic E-state index is 0.115. The van der Waals surface area contributed by atoms with E-state index in [4.69, 9.17) is 28.4 Å². The smallest absolute Gasteiger partial charge is 0.317 e. The zero-order valence-electron chi connectivity index (χ0n) is 16.4. The van der Waals surface area contributed by atoms with Crippen molar-refractivity contribution < 1.29 is 52.4 Å². The lowest BCUT2D eigenvalue weighted by atomic mass is 10.3. The van der Waals surface area contributed by atoms with Crippen LogP contribution in [0.25, 0.3) is 0 Å². The van der Waals surface area contributed by atoms with Gasteiger partial charge in [-0.15, -0.1) is 0 Å². The van der Waals surface area contributed by atoms with Crippen molar-refractivity contribution in [1.82, 2.24) is 0 Å². The Balaban J connectivity index is 4.51. The van der Waals surface area contributed by atoms with Crippen LogP contribution < -0.4 is 0 Å². The van der Waals surface area contributed by atoms with Crippen LogP contribution in [0.4, 0.5) is 0 Å². The number of esters is 4. The van der Waals surface area contributed by atoms with Crippen molar-refractivity contribution in [3.8, 4) is 0 Å². The van der Waals surface area contributed by atoms with Crippen molar-refractivity contribution >= 4 is 29.7 Å². The van der Waals surface area contributed by atoms with E-state index in [0.717, 1.165) is 6.92 Å². The molecular weight excluding hydrogens is 380 g/mol. The summed E-state index contributed by atoms with van der Waals surface area (Å²) in [7, 11) is 2.87. The molecule has 0 heterocycles. The summed E-state index contributed by atoms with van der Waals surface area (Å²) in [6.45, 7) is 1.61. The Bertz CT molecular complexity index is 543. The summed E-state index contributed by atoms with van der Waals surface area (Å²) in [6.07, 6.45) is -2.77. The van der Waals surface area contributed by atoms with Crippen LogP contribution in [0.1, 0.15) is 26.7 Å². The third kappa shape index (κ3) is 13.6. The van der Waals surface area contributed by atoms with Gasteiger partial charge in [-0.2, -0.15) is 0 Å². The van der Waals surface area contributed by atoms with Gasteiger partial charge in [-0.1, -0.05) is 0 Å². The molecule has 0 amide bonds. The lowest BCUT2D eigenvalue weighted by Crippen LogP contribution is -2.32. The molecule has 0 aliphatic heterocycles. The van der Waals surface area contributed by atoms with E-state index < -0.39 is 61.3 Å². The highest BCUT2D eigenvalue weighted by molar-refractivity contribution is 5.94. The van der Waals surface area contributed by atoms with Gasteiger partial charge in [0.25, 0.3) is 0 Å². The highest BCUT2D eigenvalue weighted by Crippen LogP contribution is 2.03. The Morgan fingerprint density at radius 2 is 1.21 bits per heavy atom. The van der Waals surface area contributed by atoms with Crippen molar-refractivity contribution in [2.75, 3.05) is 40.6 Å². The molecule has 2 unspecified atom stereocenters. The molecule has 11 heteroatoms. The van der Waals surface area contributed by atoms with E-state index in [1.54, 1.807) is 0 Å². The number of hydrogen-bond donors (Lipinski definition) is 0. The molecule has 0 aromatic heterocycles. The van der Waals surface area contributed by atoms with Crippen molar-refractivity contribution in [3.63, 3.8) is 0 Å². The summed E-state index contributed by atoms with van der Waals surface area (Å²) in [5.41, 5.74) is 0. The fourth-order valence-electron chi connectivity index (χ4n) is 1.72. The highest BCUT2D eigenvalue weighted by Gasteiger charge is 2.22. The molecule has 0 aliphatic carbocycles. The molecule has 0 aromatic rings. The lowest BCUT2D eigenvalue weighted by Gasteiger charge is -2.18. The molecule has 0 N–H and O–H groups in total. The number of hydrogen-bond acceptors (Lipinski definition) is 11. The van der Waals surface area contributed by atoms with Crippen LogP contribution in [0.15, 0.2) is 0 Å². The number of carbonyl (C=O) groups excluding carboxylic acids is 5. The zero-order valence-corrected chi connectivity index (χ0v) is 16.4. The molecule has 0 saturated carbocycles. The molecule has 0 saturated heterocycles. The summed E-state index contributed by atoms with van der Waals surface area (Å²) >= 11 is 0. The number of carbonyl (C=O) groups is 5. The van der Waals surface area contributed by atoms with Crippen LogP contribution in [0, 0.1) is 0 Å². The maximum Gasteiger partial charge on any atom is 0.317 e. The van der Waals surface area contributed by atoms with E-state index >= 15 is 0 Å². The molecule has 0 rings (SSSR count). The second kappa shape index (κ2) is 14.5. The summed E-state index contributed by atoms with van der Waals surface area (Å²) in [5.74, 6) is -3.68. The minimum Gasteiger partial charge on any atom is -0.462 e. The third-order valence-corrected chi connectivity index (χ3v) is 3.00. The van der Waals surface area contributed by atoms with E-state index in [0.29, 0.717) is 0 Å². The molecule has 11 nitrogen and oxygen atoms in total. The van der Waals surface area contributed by atoms with Gasteiger partial charge < -0.3 is 28.4 Å². The van der Waals surface area contributed by atoms with E-state index in [2.05, 4.69) is 0 Å². The Kier molecular flexibility index (Phi) is 13.2. The van der Waals surface area contributed by atoms with Gasteiger partial charge in [-0.25, -0.2) is 0 Å². The molecule has 0 aliphatic rings. The first-order valence-corrected chi connectivity index (χ1v) is 8.33. The zero-order chi connectivity index (χ0) is 21.5. The molecule has 160 valence electrons. The fourth-order valence-corrected chi connectivity index (χ4v) is 1.72. The van der Waals surface area contributed by atoms with Gasteiger partial charge in [0.1, 0.15) is 44.5 Å². The van der Waals surface area contributed by atoms with Crippen LogP contribution >= 0.6 is 0 Å². The van der Waals surface area contributed by atoms with Gasteiger partial charge in [0, 0.05) is 21.1 Å². The molecule has 2 atom stereocenters. The summed E-state index contributed by atoms with van der Waals surface area (Å²) in [5, 5.41) is 0. The van der Waals surface area contributed by atoms with Gasteiger partial charge in [0.15, 0.2) is 6.10 Å². The van der Waals surface area contributed by atoms with Crippen molar-refractivity contribution in [3.05, 3.63) is 0 Å². The van der Waals surface area contributed by atoms with Gasteiger partial charge in [-0.3, -0.25) is 24.0 Å². The number of methoxy groups -OCH3 is 2. The van der Waals surface area contributed by atoms with Crippen molar-refractivity contribution in [1.29, 1.82) is 0 Å². The maximum atomic E-state index is 11.9. The lowest BCUT2D eigenvalue weighted by molar-refractivity contribution is -0.170. The van der Waals surface area contributed by atoms with Crippen LogP contribution in [0.5, 0.6) is 0 Å². The molecule has 28 heavy (non-hydrogen) atoms. The molecule has 0 radical (unpaired) electrons. The molecular formula is C17H26O11. The van der Waals surface area contributed by atoms with E-state index in [1.165, 1.54) is 21.1 Å². The Hall–Kier alpha value is -2.53. The largest absolute Gasteiger partial charge is 0.462 e. The van der Waals surface area contributed by atoms with Crippen molar-refractivity contribution in [2.24, 2.45) is 0 Å². The predicted molar refractivity (Wildman–Crippen MR) is 91.0 cm³/mol.